The largest absolute Gasteiger partial charge is 0.378 e. The van der Waals surface area contributed by atoms with Crippen LogP contribution >= 0.6 is 22.9 Å². The van der Waals surface area contributed by atoms with Gasteiger partial charge in [0.15, 0.2) is 0 Å². The monoisotopic (exact) mass is 546 g/mol. The molecule has 2 amide bonds. The number of hydrogen-bond acceptors (Lipinski definition) is 6. The Balaban J connectivity index is 1.33. The van der Waals surface area contributed by atoms with Crippen LogP contribution in [-0.2, 0) is 16.6 Å². The van der Waals surface area contributed by atoms with E-state index in [1.807, 2.05) is 31.1 Å². The molecule has 1 N–H and O–H groups in total. The first-order chi connectivity index (χ1) is 17.1. The van der Waals surface area contributed by atoms with E-state index in [1.54, 1.807) is 53.4 Å². The van der Waals surface area contributed by atoms with Crippen molar-refractivity contribution in [3.63, 3.8) is 0 Å². The molecule has 2 aromatic carbocycles. The minimum absolute atomic E-state index is 0.104. The van der Waals surface area contributed by atoms with Gasteiger partial charge in [-0.05, 0) is 60.7 Å². The maximum absolute atomic E-state index is 13.2. The number of carbonyl (C=O) groups excluding carboxylic acids is 2. The summed E-state index contributed by atoms with van der Waals surface area (Å²) in [5, 5.41) is 3.34. The fourth-order valence-corrected chi connectivity index (χ4v) is 6.80. The van der Waals surface area contributed by atoms with Gasteiger partial charge in [0.2, 0.25) is 0 Å². The number of nitrogens with zero attached hydrogens (tertiary/aromatic N) is 3. The van der Waals surface area contributed by atoms with Gasteiger partial charge >= 0.3 is 0 Å². The highest BCUT2D eigenvalue weighted by Crippen LogP contribution is 2.26. The molecule has 1 fully saturated rings. The van der Waals surface area contributed by atoms with Gasteiger partial charge in [-0.2, -0.15) is 4.31 Å². The number of nitrogens with one attached hydrogen (secondary N) is 1. The number of anilines is 1. The van der Waals surface area contributed by atoms with Crippen LogP contribution in [0.2, 0.25) is 5.02 Å². The van der Waals surface area contributed by atoms with Crippen LogP contribution in [0.5, 0.6) is 0 Å². The summed E-state index contributed by atoms with van der Waals surface area (Å²) < 4.78 is 28.0. The summed E-state index contributed by atoms with van der Waals surface area (Å²) >= 11 is 6.98. The molecule has 1 aliphatic rings. The molecule has 0 bridgehead atoms. The predicted octanol–water partition coefficient (Wildman–Crippen LogP) is 3.54. The first-order valence-electron chi connectivity index (χ1n) is 11.3. The normalized spacial score (nSPS) is 14.5. The number of hydrogen-bond donors (Lipinski definition) is 1. The van der Waals surface area contributed by atoms with E-state index < -0.39 is 10.0 Å². The summed E-state index contributed by atoms with van der Waals surface area (Å²) in [4.78, 5) is 29.5. The molecule has 0 aliphatic carbocycles. The smallest absolute Gasteiger partial charge is 0.253 e. The average molecular weight is 547 g/mol. The second-order valence-electron chi connectivity index (χ2n) is 8.55. The average Bonchev–Trinajstić information content (AvgIpc) is 3.37. The third kappa shape index (κ3) is 5.89. The second-order valence-corrected chi connectivity index (χ2v) is 12.3. The van der Waals surface area contributed by atoms with E-state index in [0.29, 0.717) is 29.2 Å². The number of amides is 2. The summed E-state index contributed by atoms with van der Waals surface area (Å²) in [6.07, 6.45) is 0. The van der Waals surface area contributed by atoms with E-state index in [1.165, 1.54) is 4.31 Å². The lowest BCUT2D eigenvalue weighted by molar-refractivity contribution is 0.0698. The van der Waals surface area contributed by atoms with Crippen molar-refractivity contribution in [2.45, 2.75) is 10.8 Å². The number of rotatable bonds is 7. The lowest BCUT2D eigenvalue weighted by atomic mass is 10.1. The molecule has 36 heavy (non-hydrogen) atoms. The van der Waals surface area contributed by atoms with Crippen molar-refractivity contribution in [3.8, 4) is 0 Å². The summed E-state index contributed by atoms with van der Waals surface area (Å²) in [5.41, 5.74) is 2.06. The van der Waals surface area contributed by atoms with Crippen LogP contribution in [0.3, 0.4) is 0 Å². The zero-order chi connectivity index (χ0) is 25.9. The lowest BCUT2D eigenvalue weighted by Crippen LogP contribution is -2.50. The van der Waals surface area contributed by atoms with Gasteiger partial charge in [0, 0.05) is 67.0 Å². The number of halogens is 1. The van der Waals surface area contributed by atoms with Crippen molar-refractivity contribution in [2.24, 2.45) is 0 Å². The minimum atomic E-state index is -3.68. The van der Waals surface area contributed by atoms with E-state index in [4.69, 9.17) is 11.6 Å². The summed E-state index contributed by atoms with van der Waals surface area (Å²) in [6.45, 7) is 1.32. The summed E-state index contributed by atoms with van der Waals surface area (Å²) in [6, 6.07) is 17.2. The molecule has 11 heteroatoms. The Morgan fingerprint density at radius 3 is 2.14 bits per heavy atom. The number of piperazine rings is 1. The molecule has 0 spiro atoms. The maximum Gasteiger partial charge on any atom is 0.253 e. The molecule has 190 valence electrons. The van der Waals surface area contributed by atoms with Crippen LogP contribution < -0.4 is 10.2 Å². The van der Waals surface area contributed by atoms with Crippen LogP contribution in [-0.4, -0.2) is 69.7 Å². The van der Waals surface area contributed by atoms with Crippen LogP contribution in [0, 0.1) is 0 Å². The van der Waals surface area contributed by atoms with Gasteiger partial charge in [0.25, 0.3) is 21.8 Å². The number of carbonyl (C=O) groups is 2. The van der Waals surface area contributed by atoms with Crippen molar-refractivity contribution in [2.75, 3.05) is 45.2 Å². The molecule has 3 aromatic rings. The first-order valence-corrected chi connectivity index (χ1v) is 14.0. The molecule has 1 aliphatic heterocycles. The van der Waals surface area contributed by atoms with Gasteiger partial charge in [-0.1, -0.05) is 11.6 Å². The van der Waals surface area contributed by atoms with Crippen LogP contribution in [0.4, 0.5) is 5.69 Å². The van der Waals surface area contributed by atoms with Gasteiger partial charge in [-0.25, -0.2) is 8.42 Å². The van der Waals surface area contributed by atoms with E-state index in [2.05, 4.69) is 5.32 Å². The van der Waals surface area contributed by atoms with E-state index in [9.17, 15) is 18.0 Å². The van der Waals surface area contributed by atoms with Crippen molar-refractivity contribution < 1.29 is 18.0 Å². The number of thiophene rings is 1. The Morgan fingerprint density at radius 1 is 0.917 bits per heavy atom. The summed E-state index contributed by atoms with van der Waals surface area (Å²) in [7, 11) is 0.185. The second kappa shape index (κ2) is 11.0. The Labute approximate surface area is 220 Å². The fraction of sp³-hybridized carbons (Fsp3) is 0.280. The number of benzene rings is 2. The maximum atomic E-state index is 13.2. The molecular formula is C25H27ClN4O4S2. The fourth-order valence-electron chi connectivity index (χ4n) is 3.81. The standard InChI is InChI=1S/C25H27ClN4O4S2/c1-28(2)21-9-5-19(6-10-21)25(32)29-13-15-30(16-14-29)36(33,34)23-12-11-22(35-23)17-27-24(31)18-3-7-20(26)8-4-18/h3-12H,13-17H2,1-2H3,(H,27,31). The summed E-state index contributed by atoms with van der Waals surface area (Å²) in [5.74, 6) is -0.367. The molecule has 0 atom stereocenters. The highest BCUT2D eigenvalue weighted by molar-refractivity contribution is 7.91. The van der Waals surface area contributed by atoms with Crippen molar-refractivity contribution in [1.29, 1.82) is 0 Å². The van der Waals surface area contributed by atoms with Gasteiger partial charge in [0.05, 0.1) is 6.54 Å². The lowest BCUT2D eigenvalue weighted by Gasteiger charge is -2.33. The predicted molar refractivity (Wildman–Crippen MR) is 142 cm³/mol. The van der Waals surface area contributed by atoms with Crippen molar-refractivity contribution in [1.82, 2.24) is 14.5 Å². The SMILES string of the molecule is CN(C)c1ccc(C(=O)N2CCN(S(=O)(=O)c3ccc(CNC(=O)c4ccc(Cl)cc4)s3)CC2)cc1. The zero-order valence-electron chi connectivity index (χ0n) is 20.0. The van der Waals surface area contributed by atoms with Crippen LogP contribution in [0.25, 0.3) is 0 Å². The van der Waals surface area contributed by atoms with E-state index in [0.717, 1.165) is 21.9 Å². The third-order valence-electron chi connectivity index (χ3n) is 5.92. The van der Waals surface area contributed by atoms with Crippen molar-refractivity contribution in [3.05, 3.63) is 81.7 Å². The van der Waals surface area contributed by atoms with Gasteiger partial charge in [-0.3, -0.25) is 9.59 Å². The topological polar surface area (TPSA) is 90.0 Å². The Hall–Kier alpha value is -2.92. The van der Waals surface area contributed by atoms with E-state index in [-0.39, 0.29) is 35.7 Å². The third-order valence-corrected chi connectivity index (χ3v) is 9.62. The quantitative estimate of drug-likeness (QED) is 0.489. The molecule has 0 unspecified atom stereocenters. The highest BCUT2D eigenvalue weighted by atomic mass is 35.5. The molecular weight excluding hydrogens is 520 g/mol. The van der Waals surface area contributed by atoms with Gasteiger partial charge in [-0.15, -0.1) is 11.3 Å². The molecule has 0 radical (unpaired) electrons. The first kappa shape index (κ1) is 26.2. The Kier molecular flexibility index (Phi) is 7.99. The molecule has 1 aromatic heterocycles. The number of sulfonamides is 1. The Morgan fingerprint density at radius 2 is 1.53 bits per heavy atom. The molecule has 0 saturated carbocycles. The highest BCUT2D eigenvalue weighted by Gasteiger charge is 2.31. The van der Waals surface area contributed by atoms with Gasteiger partial charge < -0.3 is 15.1 Å². The molecule has 1 saturated heterocycles. The van der Waals surface area contributed by atoms with Gasteiger partial charge in [0.1, 0.15) is 4.21 Å². The van der Waals surface area contributed by atoms with Crippen LogP contribution in [0.15, 0.2) is 64.9 Å². The van der Waals surface area contributed by atoms with Crippen molar-refractivity contribution >= 4 is 50.5 Å². The zero-order valence-corrected chi connectivity index (χ0v) is 22.4. The molecule has 2 heterocycles. The molecule has 8 nitrogen and oxygen atoms in total. The Bertz CT molecular complexity index is 1330. The van der Waals surface area contributed by atoms with E-state index >= 15 is 0 Å². The minimum Gasteiger partial charge on any atom is -0.378 e. The molecule has 4 rings (SSSR count). The van der Waals surface area contributed by atoms with Crippen LogP contribution in [0.1, 0.15) is 25.6 Å².